The Labute approximate surface area is 76.9 Å². The van der Waals surface area contributed by atoms with Crippen molar-refractivity contribution in [2.45, 2.75) is 12.8 Å². The maximum Gasteiger partial charge on any atom is 0.129 e. The van der Waals surface area contributed by atoms with Gasteiger partial charge in [0, 0.05) is 5.92 Å². The van der Waals surface area contributed by atoms with Crippen molar-refractivity contribution in [3.8, 4) is 11.4 Å². The Morgan fingerprint density at radius 2 is 1.42 bits per heavy atom. The van der Waals surface area contributed by atoms with Crippen LogP contribution in [0.25, 0.3) is 11.4 Å². The van der Waals surface area contributed by atoms with Gasteiger partial charge >= 0.3 is 0 Å². The molecule has 0 saturated heterocycles. The summed E-state index contributed by atoms with van der Waals surface area (Å²) in [6.07, 6.45) is 0. The minimum Gasteiger partial charge on any atom is -0.177 e. The fraction of sp³-hybridized carbons (Fsp3) is 0.333. The lowest BCUT2D eigenvalue weighted by Gasteiger charge is -1.95. The normalized spacial score (nSPS) is 14.8. The predicted molar refractivity (Wildman–Crippen MR) is 46.3 cm³/mol. The van der Waals surface area contributed by atoms with Crippen molar-refractivity contribution in [2.24, 2.45) is 0 Å². The zero-order chi connectivity index (χ0) is 8.13. The second-order valence-electron chi connectivity index (χ2n) is 2.72. The fourth-order valence-electron chi connectivity index (χ4n) is 1.42. The van der Waals surface area contributed by atoms with Crippen molar-refractivity contribution in [1.82, 2.24) is 17.5 Å². The average molecular weight is 196 g/mol. The van der Waals surface area contributed by atoms with E-state index in [1.54, 1.807) is 0 Å². The van der Waals surface area contributed by atoms with Crippen LogP contribution in [0.2, 0.25) is 0 Å². The van der Waals surface area contributed by atoms with Gasteiger partial charge in [0.25, 0.3) is 0 Å². The summed E-state index contributed by atoms with van der Waals surface area (Å²) in [5.74, 6) is 0.285. The van der Waals surface area contributed by atoms with Crippen molar-refractivity contribution in [1.29, 1.82) is 0 Å². The zero-order valence-corrected chi connectivity index (χ0v) is 7.82. The van der Waals surface area contributed by atoms with Gasteiger partial charge in [-0.05, 0) is 0 Å². The molecule has 2 aromatic heterocycles. The van der Waals surface area contributed by atoms with E-state index in [0.717, 1.165) is 22.8 Å². The highest BCUT2D eigenvalue weighted by atomic mass is 32.1. The topological polar surface area (TPSA) is 51.6 Å². The van der Waals surface area contributed by atoms with Crippen LogP contribution in [0, 0.1) is 0 Å². The average Bonchev–Trinajstić information content (AvgIpc) is 2.72. The molecule has 6 heteroatoms. The van der Waals surface area contributed by atoms with Gasteiger partial charge in [0.2, 0.25) is 0 Å². The van der Waals surface area contributed by atoms with Gasteiger partial charge in [-0.1, -0.05) is 6.92 Å². The molecule has 0 unspecified atom stereocenters. The Bertz CT molecular complexity index is 392. The van der Waals surface area contributed by atoms with E-state index >= 15 is 0 Å². The summed E-state index contributed by atoms with van der Waals surface area (Å²) in [7, 11) is 0. The molecule has 0 amide bonds. The first-order chi connectivity index (χ1) is 5.88. The number of rotatable bonds is 0. The molecule has 0 N–H and O–H groups in total. The van der Waals surface area contributed by atoms with Gasteiger partial charge in [0.1, 0.15) is 11.4 Å². The second-order valence-corrected chi connectivity index (χ2v) is 3.77. The van der Waals surface area contributed by atoms with Crippen LogP contribution < -0.4 is 0 Å². The first-order valence-corrected chi connectivity index (χ1v) is 4.99. The Morgan fingerprint density at radius 3 is 1.92 bits per heavy atom. The summed E-state index contributed by atoms with van der Waals surface area (Å²) in [4.78, 5) is 0. The molecule has 2 heterocycles. The number of hydrogen-bond donors (Lipinski definition) is 0. The van der Waals surface area contributed by atoms with Gasteiger partial charge in [0.15, 0.2) is 0 Å². The number of fused-ring (bicyclic) bond motifs is 3. The van der Waals surface area contributed by atoms with Crippen molar-refractivity contribution in [3.05, 3.63) is 11.4 Å². The van der Waals surface area contributed by atoms with Crippen LogP contribution in [0.4, 0.5) is 0 Å². The molecule has 0 spiro atoms. The lowest BCUT2D eigenvalue weighted by molar-refractivity contribution is 0.897. The van der Waals surface area contributed by atoms with Crippen molar-refractivity contribution >= 4 is 23.5 Å². The molecule has 3 rings (SSSR count). The molecule has 0 saturated carbocycles. The van der Waals surface area contributed by atoms with Crippen LogP contribution in [0.5, 0.6) is 0 Å². The third-order valence-electron chi connectivity index (χ3n) is 2.07. The highest BCUT2D eigenvalue weighted by molar-refractivity contribution is 7.00. The Balaban J connectivity index is 2.39. The van der Waals surface area contributed by atoms with Gasteiger partial charge in [-0.3, -0.25) is 0 Å². The minimum atomic E-state index is 0.285. The Hall–Kier alpha value is -0.880. The van der Waals surface area contributed by atoms with Crippen molar-refractivity contribution < 1.29 is 0 Å². The smallest absolute Gasteiger partial charge is 0.129 e. The number of hydrogen-bond acceptors (Lipinski definition) is 6. The van der Waals surface area contributed by atoms with Crippen LogP contribution in [-0.2, 0) is 0 Å². The maximum absolute atomic E-state index is 4.22. The summed E-state index contributed by atoms with van der Waals surface area (Å²) in [5, 5.41) is 0. The molecule has 0 fully saturated rings. The molecule has 0 atom stereocenters. The lowest BCUT2D eigenvalue weighted by atomic mass is 10.1. The summed E-state index contributed by atoms with van der Waals surface area (Å²) in [5.41, 5.74) is 3.96. The molecule has 0 aliphatic heterocycles. The lowest BCUT2D eigenvalue weighted by Crippen LogP contribution is -1.90. The summed E-state index contributed by atoms with van der Waals surface area (Å²) >= 11 is 2.50. The van der Waals surface area contributed by atoms with Gasteiger partial charge in [-0.2, -0.15) is 17.5 Å². The third kappa shape index (κ3) is 0.621. The Morgan fingerprint density at radius 1 is 0.917 bits per heavy atom. The first kappa shape index (κ1) is 6.62. The van der Waals surface area contributed by atoms with Gasteiger partial charge in [-0.25, -0.2) is 0 Å². The largest absolute Gasteiger partial charge is 0.177 e. The standard InChI is InChI=1S/C6H4N4S2/c1-2-3-5(9-11-7-3)6-4(2)8-12-10-6/h2H,1H3. The minimum absolute atomic E-state index is 0.285. The SMILES string of the molecule is CC1c2nsnc2-c2nsnc21. The van der Waals surface area contributed by atoms with Crippen LogP contribution in [-0.4, -0.2) is 17.5 Å². The van der Waals surface area contributed by atoms with E-state index in [0.29, 0.717) is 0 Å². The van der Waals surface area contributed by atoms with Gasteiger partial charge in [-0.15, -0.1) is 0 Å². The molecule has 0 aromatic carbocycles. The molecule has 1 aliphatic carbocycles. The second kappa shape index (κ2) is 2.08. The van der Waals surface area contributed by atoms with Crippen molar-refractivity contribution in [3.63, 3.8) is 0 Å². The van der Waals surface area contributed by atoms with E-state index in [1.807, 2.05) is 0 Å². The van der Waals surface area contributed by atoms with E-state index in [9.17, 15) is 0 Å². The molecular formula is C6H4N4S2. The van der Waals surface area contributed by atoms with Crippen LogP contribution in [0.15, 0.2) is 0 Å². The monoisotopic (exact) mass is 196 g/mol. The highest BCUT2D eigenvalue weighted by Gasteiger charge is 2.33. The summed E-state index contributed by atoms with van der Waals surface area (Å²) in [6.45, 7) is 2.09. The van der Waals surface area contributed by atoms with E-state index in [1.165, 1.54) is 23.5 Å². The quantitative estimate of drug-likeness (QED) is 0.641. The first-order valence-electron chi connectivity index (χ1n) is 3.53. The number of aromatic nitrogens is 4. The van der Waals surface area contributed by atoms with Crippen LogP contribution >= 0.6 is 23.5 Å². The predicted octanol–water partition coefficient (Wildman–Crippen LogP) is 1.52. The highest BCUT2D eigenvalue weighted by Crippen LogP contribution is 2.41. The summed E-state index contributed by atoms with van der Waals surface area (Å²) in [6, 6.07) is 0. The molecule has 60 valence electrons. The van der Waals surface area contributed by atoms with Crippen molar-refractivity contribution in [2.75, 3.05) is 0 Å². The number of nitrogens with zero attached hydrogens (tertiary/aromatic N) is 4. The summed E-state index contributed by atoms with van der Waals surface area (Å²) < 4.78 is 16.8. The van der Waals surface area contributed by atoms with E-state index < -0.39 is 0 Å². The van der Waals surface area contributed by atoms with Gasteiger partial charge in [0.05, 0.1) is 34.8 Å². The fourth-order valence-corrected chi connectivity index (χ4v) is 2.69. The van der Waals surface area contributed by atoms with E-state index in [2.05, 4.69) is 24.4 Å². The third-order valence-corrected chi connectivity index (χ3v) is 3.16. The maximum atomic E-state index is 4.22. The molecule has 0 bridgehead atoms. The molecule has 0 radical (unpaired) electrons. The molecule has 1 aliphatic rings. The van der Waals surface area contributed by atoms with Gasteiger partial charge < -0.3 is 0 Å². The zero-order valence-electron chi connectivity index (χ0n) is 6.18. The molecule has 12 heavy (non-hydrogen) atoms. The van der Waals surface area contributed by atoms with E-state index in [-0.39, 0.29) is 5.92 Å². The molecule has 2 aromatic rings. The Kier molecular flexibility index (Phi) is 1.15. The van der Waals surface area contributed by atoms with Crippen LogP contribution in [0.1, 0.15) is 24.2 Å². The van der Waals surface area contributed by atoms with E-state index in [4.69, 9.17) is 0 Å². The van der Waals surface area contributed by atoms with Crippen LogP contribution in [0.3, 0.4) is 0 Å². The molecule has 4 nitrogen and oxygen atoms in total. The molecular weight excluding hydrogens is 192 g/mol.